The van der Waals surface area contributed by atoms with Crippen molar-refractivity contribution in [2.45, 2.75) is 77.2 Å². The summed E-state index contributed by atoms with van der Waals surface area (Å²) < 4.78 is 29.3. The number of hydrogen-bond acceptors (Lipinski definition) is 12. The van der Waals surface area contributed by atoms with Gasteiger partial charge >= 0.3 is 1.28 Å². The molecule has 3 aliphatic carbocycles. The Kier molecular flexibility index (Phi) is 22.5. The molecule has 3 saturated carbocycles. The van der Waals surface area contributed by atoms with Crippen molar-refractivity contribution in [3.63, 3.8) is 0 Å². The van der Waals surface area contributed by atoms with E-state index in [1.807, 2.05) is 76.8 Å². The first-order valence-electron chi connectivity index (χ1n) is 21.9. The Morgan fingerprint density at radius 1 is 0.681 bits per heavy atom. The number of hydrogen-bond donors (Lipinski definition) is 2. The lowest BCUT2D eigenvalue weighted by Gasteiger charge is -2.28. The molecule has 3 aromatic heterocycles. The van der Waals surface area contributed by atoms with Gasteiger partial charge in [0, 0.05) is 36.4 Å². The van der Waals surface area contributed by atoms with Gasteiger partial charge < -0.3 is 29.2 Å². The fourth-order valence-corrected chi connectivity index (χ4v) is 11.5. The van der Waals surface area contributed by atoms with E-state index in [1.165, 1.54) is 11.3 Å². The van der Waals surface area contributed by atoms with E-state index in [-0.39, 0.29) is 51.0 Å². The van der Waals surface area contributed by atoms with Crippen molar-refractivity contribution in [2.24, 2.45) is 17.8 Å². The van der Waals surface area contributed by atoms with Gasteiger partial charge in [-0.05, 0) is 154 Å². The molecule has 4 atom stereocenters. The highest BCUT2D eigenvalue weighted by atomic mass is 79.9. The third kappa shape index (κ3) is 15.6. The van der Waals surface area contributed by atoms with Crippen LogP contribution in [0.1, 0.15) is 118 Å². The number of ether oxygens (including phenoxy) is 4. The Morgan fingerprint density at radius 3 is 1.52 bits per heavy atom. The molecule has 2 saturated heterocycles. The van der Waals surface area contributed by atoms with Crippen LogP contribution in [0, 0.1) is 17.8 Å². The first kappa shape index (κ1) is 56.5. The number of carbonyl (C=O) groups excluding carboxylic acids is 2. The van der Waals surface area contributed by atoms with Crippen molar-refractivity contribution in [1.29, 1.82) is 1.28 Å². The normalized spacial score (nSPS) is 18.5. The highest BCUT2D eigenvalue weighted by Crippen LogP contribution is 2.52. The van der Waals surface area contributed by atoms with E-state index in [2.05, 4.69) is 36.7 Å². The molecule has 0 spiro atoms. The molecule has 11 rings (SSSR count). The lowest BCUT2D eigenvalue weighted by molar-refractivity contribution is -0.0416. The van der Waals surface area contributed by atoms with E-state index in [0.717, 1.165) is 86.9 Å². The van der Waals surface area contributed by atoms with Gasteiger partial charge in [0.05, 0.1) is 50.0 Å². The highest BCUT2D eigenvalue weighted by Gasteiger charge is 2.48. The van der Waals surface area contributed by atoms with Crippen LogP contribution in [-0.4, -0.2) is 50.0 Å². The standard InChI is InChI=1S/C17H17ClO3S.C15H13ClO2S.C10H9ClO.C7H7BrO2S.2CH4.H2P2S/c18-14-3-1-2-12(8-14)17(19,11-4-5-11)13-9-15(22-10-13)16-20-6-7-21-16;16-13-3-1-2-11(6-13)15(18,10-4-5-10)12-7-14(8-17)19-9-12;11-9-3-1-2-8(6-9)10(12)7-4-5-7;8-5-3-6(11-4-5)7-9-1-2-10-7;;;1-2-3/h1-3,8-11,16,19H,4-7H2;1-3,6-10,18H,4-5H2;1-3,6-7H,4-5H2;3-4,7H,1-2H2;2*1H4;1H2/p+1/i/hT. The molecule has 370 valence electrons. The molecule has 18 heteroatoms. The van der Waals surface area contributed by atoms with Gasteiger partial charge in [-0.15, -0.1) is 34.0 Å². The molecule has 2 N–H and O–H groups in total. The van der Waals surface area contributed by atoms with Crippen LogP contribution in [0.15, 0.2) is 112 Å². The highest BCUT2D eigenvalue weighted by molar-refractivity contribution is 9.10. The van der Waals surface area contributed by atoms with Gasteiger partial charge in [0.15, 0.2) is 43.4 Å². The van der Waals surface area contributed by atoms with Crippen LogP contribution in [0.25, 0.3) is 0 Å². The summed E-state index contributed by atoms with van der Waals surface area (Å²) >= 11 is 30.2. The molecule has 6 aromatic rings. The zero-order chi connectivity index (χ0) is 48.4. The van der Waals surface area contributed by atoms with Crippen molar-refractivity contribution in [1.82, 2.24) is 0 Å². The Labute approximate surface area is 451 Å². The number of rotatable bonds is 11. The summed E-state index contributed by atoms with van der Waals surface area (Å²) in [5, 5.41) is 30.4. The molecule has 4 unspecified atom stereocenters. The smallest absolute Gasteiger partial charge is 0.355 e. The van der Waals surface area contributed by atoms with Crippen molar-refractivity contribution in [3.8, 4) is 0 Å². The topological polar surface area (TPSA) is 112 Å². The number of aliphatic hydroxyl groups is 2. The van der Waals surface area contributed by atoms with Gasteiger partial charge in [-0.1, -0.05) is 86.1 Å². The fourth-order valence-electron chi connectivity index (χ4n) is 7.74. The number of ketones is 1. The molecule has 5 fully saturated rings. The number of Topliss-reactive ketones (excluding diaryl/α,β-unsaturated/α-hetero) is 1. The third-order valence-corrected chi connectivity index (χ3v) is 15.7. The monoisotopic (exact) mass is 1170 g/mol. The minimum Gasteiger partial charge on any atom is -0.380 e. The Morgan fingerprint density at radius 2 is 1.12 bits per heavy atom. The SMILES string of the molecule is Brc1csc(C2OCCO2)c1.C.C.O=C(c1cccc(Cl)c1)C1CC1.O=Cc1cc(C(O)(c2cccc(Cl)c2)C2CC2)cs1.OC(c1cccc(Cl)c1)(c1csc(C2OCCO2)c1)C1CC1.[3H][P+](P)=S. The molecule has 69 heavy (non-hydrogen) atoms. The molecular weight excluding hydrogens is 1120 g/mol. The molecule has 2 aliphatic heterocycles. The molecule has 0 amide bonds. The number of thiophene rings is 3. The summed E-state index contributed by atoms with van der Waals surface area (Å²) in [7, 11) is 2.20. The zero-order valence-corrected chi connectivity index (χ0v) is 45.1. The zero-order valence-electron chi connectivity index (χ0n) is 36.9. The maximum atomic E-state index is 11.5. The van der Waals surface area contributed by atoms with Crippen molar-refractivity contribution in [3.05, 3.63) is 169 Å². The molecule has 0 bridgehead atoms. The minimum atomic E-state index is -1.03. The van der Waals surface area contributed by atoms with Crippen LogP contribution in [0.5, 0.6) is 0 Å². The first-order valence-corrected chi connectivity index (χ1v) is 29.6. The summed E-state index contributed by atoms with van der Waals surface area (Å²) in [5.74, 6) is 0.986. The largest absolute Gasteiger partial charge is 0.380 e. The van der Waals surface area contributed by atoms with Crippen LogP contribution in [0.4, 0.5) is 0 Å². The van der Waals surface area contributed by atoms with Crippen molar-refractivity contribution < 1.29 is 38.7 Å². The van der Waals surface area contributed by atoms with Gasteiger partial charge in [0.25, 0.3) is 0 Å². The van der Waals surface area contributed by atoms with E-state index in [4.69, 9.17) is 55.0 Å². The second-order valence-electron chi connectivity index (χ2n) is 16.3. The third-order valence-electron chi connectivity index (χ3n) is 11.5. The van der Waals surface area contributed by atoms with Gasteiger partial charge in [0.2, 0.25) is 0 Å². The van der Waals surface area contributed by atoms with Gasteiger partial charge in [-0.25, -0.2) is 0 Å². The Hall–Kier alpha value is -1.84. The Bertz CT molecular complexity index is 2650. The first-order chi connectivity index (χ1) is 32.7. The summed E-state index contributed by atoms with van der Waals surface area (Å²) in [4.78, 5) is 25.1. The number of benzene rings is 3. The van der Waals surface area contributed by atoms with E-state index in [1.54, 1.807) is 53.0 Å². The van der Waals surface area contributed by atoms with Crippen LogP contribution in [0.2, 0.25) is 15.1 Å². The van der Waals surface area contributed by atoms with Crippen molar-refractivity contribution >= 4 is 125 Å². The van der Waals surface area contributed by atoms with Crippen LogP contribution in [-0.2, 0) is 42.0 Å². The molecule has 0 radical (unpaired) electrons. The van der Waals surface area contributed by atoms with Gasteiger partial charge in [-0.3, -0.25) is 9.59 Å². The maximum Gasteiger partial charge on any atom is 0.355 e. The summed E-state index contributed by atoms with van der Waals surface area (Å²) in [6, 6.07) is 27.8. The van der Waals surface area contributed by atoms with Gasteiger partial charge in [0.1, 0.15) is 11.2 Å². The molecular formula is C51H57BrCl3O8P2S4+. The number of halogens is 4. The summed E-state index contributed by atoms with van der Waals surface area (Å²) in [5.41, 5.74) is 2.13. The fraction of sp³-hybridized carbons (Fsp3) is 0.373. The molecule has 5 heterocycles. The van der Waals surface area contributed by atoms with Crippen molar-refractivity contribution in [2.75, 3.05) is 26.4 Å². The average Bonchev–Trinajstić information content (AvgIpc) is 4.27. The Balaban J connectivity index is 0.000000173. The number of aldehydes is 1. The average molecular weight is 1180 g/mol. The molecule has 5 aliphatic rings. The van der Waals surface area contributed by atoms with Gasteiger partial charge in [-0.2, -0.15) is 0 Å². The minimum absolute atomic E-state index is 0. The van der Waals surface area contributed by atoms with Crippen LogP contribution in [0.3, 0.4) is 0 Å². The van der Waals surface area contributed by atoms with Crippen LogP contribution < -0.4 is 0 Å². The predicted molar refractivity (Wildman–Crippen MR) is 297 cm³/mol. The maximum absolute atomic E-state index is 11.5. The van der Waals surface area contributed by atoms with Crippen LogP contribution >= 0.6 is 101 Å². The molecule has 3 aromatic carbocycles. The lowest BCUT2D eigenvalue weighted by atomic mass is 9.83. The van der Waals surface area contributed by atoms with E-state index >= 15 is 0 Å². The van der Waals surface area contributed by atoms with E-state index < -0.39 is 18.2 Å². The van der Waals surface area contributed by atoms with E-state index in [9.17, 15) is 19.8 Å². The second kappa shape index (κ2) is 27.4. The summed E-state index contributed by atoms with van der Waals surface area (Å²) in [6.45, 7) is 1.79. The lowest BCUT2D eigenvalue weighted by Crippen LogP contribution is -2.29. The summed E-state index contributed by atoms with van der Waals surface area (Å²) in [6.07, 6.45) is 6.56. The predicted octanol–water partition coefficient (Wildman–Crippen LogP) is 15.6. The second-order valence-corrected chi connectivity index (χ2v) is 24.1. The quantitative estimate of drug-likeness (QED) is 0.0744. The molecule has 8 nitrogen and oxygen atoms in total. The number of carbonyl (C=O) groups is 2. The van der Waals surface area contributed by atoms with E-state index in [0.29, 0.717) is 46.4 Å².